The van der Waals surface area contributed by atoms with Gasteiger partial charge in [0.1, 0.15) is 5.75 Å². The number of hydrogen-bond acceptors (Lipinski definition) is 4. The Kier molecular flexibility index (Phi) is 5.13. The van der Waals surface area contributed by atoms with Crippen LogP contribution in [0.3, 0.4) is 0 Å². The lowest BCUT2D eigenvalue weighted by atomic mass is 10.1. The highest BCUT2D eigenvalue weighted by atomic mass is 16.5. The number of aliphatic imine (C=N–C) groups is 1. The van der Waals surface area contributed by atoms with Gasteiger partial charge in [-0.15, -0.1) is 10.2 Å². The average molecular weight is 338 g/mol. The summed E-state index contributed by atoms with van der Waals surface area (Å²) in [5, 5.41) is 14.9. The fourth-order valence-corrected chi connectivity index (χ4v) is 2.56. The molecule has 2 N–H and O–H groups in total. The fraction of sp³-hybridized carbons (Fsp3) is 0.278. The third-order valence-corrected chi connectivity index (χ3v) is 3.95. The predicted molar refractivity (Wildman–Crippen MR) is 97.8 cm³/mol. The summed E-state index contributed by atoms with van der Waals surface area (Å²) in [5.74, 6) is 2.42. The number of guanidine groups is 1. The molecule has 0 saturated carbocycles. The molecule has 0 amide bonds. The van der Waals surface area contributed by atoms with E-state index in [1.165, 1.54) is 0 Å². The van der Waals surface area contributed by atoms with Crippen molar-refractivity contribution in [2.45, 2.75) is 20.0 Å². The Morgan fingerprint density at radius 1 is 1.16 bits per heavy atom. The van der Waals surface area contributed by atoms with Gasteiger partial charge in [0.05, 0.1) is 13.7 Å². The van der Waals surface area contributed by atoms with Gasteiger partial charge in [0, 0.05) is 19.8 Å². The fourth-order valence-electron chi connectivity index (χ4n) is 2.56. The van der Waals surface area contributed by atoms with Crippen LogP contribution in [-0.4, -0.2) is 34.7 Å². The molecule has 0 radical (unpaired) electrons. The predicted octanol–water partition coefficient (Wildman–Crippen LogP) is 1.91. The number of nitrogens with one attached hydrogen (secondary N) is 2. The van der Waals surface area contributed by atoms with Gasteiger partial charge in [-0.25, -0.2) is 0 Å². The van der Waals surface area contributed by atoms with E-state index >= 15 is 0 Å². The van der Waals surface area contributed by atoms with Crippen LogP contribution in [0.5, 0.6) is 5.75 Å². The van der Waals surface area contributed by atoms with Crippen molar-refractivity contribution in [3.63, 3.8) is 0 Å². The molecule has 0 atom stereocenters. The molecule has 0 bridgehead atoms. The first-order valence-electron chi connectivity index (χ1n) is 8.08. The zero-order valence-electron chi connectivity index (χ0n) is 14.7. The van der Waals surface area contributed by atoms with E-state index in [2.05, 4.69) is 31.9 Å². The molecule has 0 aliphatic heterocycles. The van der Waals surface area contributed by atoms with Crippen molar-refractivity contribution < 1.29 is 4.74 Å². The van der Waals surface area contributed by atoms with Crippen LogP contribution >= 0.6 is 0 Å². The Labute approximate surface area is 146 Å². The van der Waals surface area contributed by atoms with E-state index in [0.717, 1.165) is 28.3 Å². The van der Waals surface area contributed by atoms with Crippen molar-refractivity contribution in [2.24, 2.45) is 4.99 Å². The molecule has 3 rings (SSSR count). The van der Waals surface area contributed by atoms with Gasteiger partial charge in [-0.2, -0.15) is 0 Å². The van der Waals surface area contributed by atoms with Gasteiger partial charge in [0.15, 0.2) is 17.4 Å². The second-order valence-corrected chi connectivity index (χ2v) is 5.63. The molecular formula is C18H22N6O. The monoisotopic (exact) mass is 338 g/mol. The molecule has 0 saturated heterocycles. The lowest BCUT2D eigenvalue weighted by molar-refractivity contribution is 0.411. The highest BCUT2D eigenvalue weighted by Gasteiger charge is 2.06. The summed E-state index contributed by atoms with van der Waals surface area (Å²) in [6, 6.07) is 12.0. The third-order valence-electron chi connectivity index (χ3n) is 3.95. The van der Waals surface area contributed by atoms with Gasteiger partial charge < -0.3 is 15.4 Å². The van der Waals surface area contributed by atoms with Gasteiger partial charge in [-0.1, -0.05) is 18.2 Å². The Balaban J connectivity index is 1.60. The van der Waals surface area contributed by atoms with Crippen LogP contribution in [0.4, 0.5) is 0 Å². The van der Waals surface area contributed by atoms with Crippen molar-refractivity contribution in [3.8, 4) is 5.75 Å². The minimum Gasteiger partial charge on any atom is -0.496 e. The summed E-state index contributed by atoms with van der Waals surface area (Å²) in [6.45, 7) is 3.21. The summed E-state index contributed by atoms with van der Waals surface area (Å²) in [5.41, 5.74) is 3.07. The first-order chi connectivity index (χ1) is 12.2. The summed E-state index contributed by atoms with van der Waals surface area (Å²) >= 11 is 0. The molecule has 2 heterocycles. The normalized spacial score (nSPS) is 11.6. The smallest absolute Gasteiger partial charge is 0.191 e. The van der Waals surface area contributed by atoms with Crippen molar-refractivity contribution in [1.82, 2.24) is 25.2 Å². The van der Waals surface area contributed by atoms with Gasteiger partial charge in [-0.05, 0) is 36.2 Å². The first kappa shape index (κ1) is 16.8. The number of hydrogen-bond donors (Lipinski definition) is 2. The minimum atomic E-state index is 0.530. The maximum absolute atomic E-state index is 5.36. The molecule has 2 aromatic heterocycles. The van der Waals surface area contributed by atoms with Gasteiger partial charge in [-0.3, -0.25) is 9.39 Å². The maximum atomic E-state index is 5.36. The van der Waals surface area contributed by atoms with E-state index in [9.17, 15) is 0 Å². The average Bonchev–Trinajstić information content (AvgIpc) is 3.06. The van der Waals surface area contributed by atoms with Crippen LogP contribution in [-0.2, 0) is 13.1 Å². The molecule has 0 aliphatic rings. The summed E-state index contributed by atoms with van der Waals surface area (Å²) in [4.78, 5) is 4.25. The molecule has 1 aromatic carbocycles. The highest BCUT2D eigenvalue weighted by Crippen LogP contribution is 2.18. The van der Waals surface area contributed by atoms with Crippen LogP contribution in [0.15, 0.2) is 47.6 Å². The molecule has 130 valence electrons. The van der Waals surface area contributed by atoms with Crippen LogP contribution in [0.1, 0.15) is 17.0 Å². The number of benzene rings is 1. The Hall–Kier alpha value is -3.09. The molecule has 25 heavy (non-hydrogen) atoms. The molecule has 3 aromatic rings. The van der Waals surface area contributed by atoms with Crippen LogP contribution < -0.4 is 15.4 Å². The molecule has 7 nitrogen and oxygen atoms in total. The SMILES string of the molecule is CN=C(NCc1ccc(C)c(OC)c1)NCc1nnc2ccccn12. The number of fused-ring (bicyclic) bond motifs is 1. The second kappa shape index (κ2) is 7.65. The van der Waals surface area contributed by atoms with Crippen LogP contribution in [0.25, 0.3) is 5.65 Å². The number of rotatable bonds is 5. The van der Waals surface area contributed by atoms with E-state index in [0.29, 0.717) is 19.0 Å². The van der Waals surface area contributed by atoms with Crippen molar-refractivity contribution in [3.05, 3.63) is 59.5 Å². The lowest BCUT2D eigenvalue weighted by Crippen LogP contribution is -2.36. The van der Waals surface area contributed by atoms with Crippen molar-refractivity contribution >= 4 is 11.6 Å². The second-order valence-electron chi connectivity index (χ2n) is 5.63. The third kappa shape index (κ3) is 3.88. The minimum absolute atomic E-state index is 0.530. The van der Waals surface area contributed by atoms with Crippen molar-refractivity contribution in [1.29, 1.82) is 0 Å². The zero-order chi connectivity index (χ0) is 17.6. The molecule has 0 aliphatic carbocycles. The van der Waals surface area contributed by atoms with Gasteiger partial charge >= 0.3 is 0 Å². The molecule has 0 spiro atoms. The van der Waals surface area contributed by atoms with Crippen molar-refractivity contribution in [2.75, 3.05) is 14.2 Å². The quantitative estimate of drug-likeness (QED) is 0.549. The zero-order valence-corrected chi connectivity index (χ0v) is 14.7. The molecule has 0 fully saturated rings. The Bertz CT molecular complexity index is 886. The van der Waals surface area contributed by atoms with E-state index < -0.39 is 0 Å². The largest absolute Gasteiger partial charge is 0.496 e. The summed E-state index contributed by atoms with van der Waals surface area (Å²) in [6.07, 6.45) is 1.95. The topological polar surface area (TPSA) is 75.8 Å². The van der Waals surface area contributed by atoms with E-state index in [4.69, 9.17) is 4.74 Å². The van der Waals surface area contributed by atoms with Gasteiger partial charge in [0.2, 0.25) is 0 Å². The number of aromatic nitrogens is 3. The standard InChI is InChI=1S/C18H22N6O/c1-13-7-8-14(10-15(13)25-3)11-20-18(19-2)21-12-17-23-22-16-6-4-5-9-24(16)17/h4-10H,11-12H2,1-3H3,(H2,19,20,21). The first-order valence-corrected chi connectivity index (χ1v) is 8.08. The van der Waals surface area contributed by atoms with Gasteiger partial charge in [0.25, 0.3) is 0 Å². The number of pyridine rings is 1. The number of nitrogens with zero attached hydrogens (tertiary/aromatic N) is 4. The van der Waals surface area contributed by atoms with Crippen LogP contribution in [0.2, 0.25) is 0 Å². The highest BCUT2D eigenvalue weighted by molar-refractivity contribution is 5.79. The Morgan fingerprint density at radius 3 is 2.80 bits per heavy atom. The number of ether oxygens (including phenoxy) is 1. The Morgan fingerprint density at radius 2 is 2.00 bits per heavy atom. The van der Waals surface area contributed by atoms with E-state index in [1.54, 1.807) is 14.2 Å². The van der Waals surface area contributed by atoms with E-state index in [-0.39, 0.29) is 0 Å². The molecule has 7 heteroatoms. The lowest BCUT2D eigenvalue weighted by Gasteiger charge is -2.12. The molecular weight excluding hydrogens is 316 g/mol. The summed E-state index contributed by atoms with van der Waals surface area (Å²) < 4.78 is 7.31. The summed E-state index contributed by atoms with van der Waals surface area (Å²) in [7, 11) is 3.43. The van der Waals surface area contributed by atoms with Crippen LogP contribution in [0, 0.1) is 6.92 Å². The van der Waals surface area contributed by atoms with E-state index in [1.807, 2.05) is 47.9 Å². The maximum Gasteiger partial charge on any atom is 0.191 e. The molecule has 0 unspecified atom stereocenters. The number of methoxy groups -OCH3 is 1. The number of aryl methyl sites for hydroxylation is 1.